The molecule has 2 amide bonds. The second-order valence-corrected chi connectivity index (χ2v) is 7.47. The minimum atomic E-state index is -0.458. The van der Waals surface area contributed by atoms with Gasteiger partial charge in [-0.1, -0.05) is 15.9 Å². The number of ether oxygens (including phenoxy) is 2. The van der Waals surface area contributed by atoms with Gasteiger partial charge in [0, 0.05) is 34.8 Å². The van der Waals surface area contributed by atoms with Gasteiger partial charge >= 0.3 is 0 Å². The molecule has 1 saturated heterocycles. The lowest BCUT2D eigenvalue weighted by Crippen LogP contribution is -2.45. The van der Waals surface area contributed by atoms with Crippen LogP contribution in [0.1, 0.15) is 28.8 Å². The van der Waals surface area contributed by atoms with E-state index < -0.39 is 6.04 Å². The molecule has 0 bridgehead atoms. The van der Waals surface area contributed by atoms with Crippen molar-refractivity contribution in [2.24, 2.45) is 0 Å². The van der Waals surface area contributed by atoms with Gasteiger partial charge in [0.2, 0.25) is 5.91 Å². The molecule has 1 aliphatic heterocycles. The van der Waals surface area contributed by atoms with Gasteiger partial charge in [-0.15, -0.1) is 0 Å². The molecule has 0 radical (unpaired) electrons. The summed E-state index contributed by atoms with van der Waals surface area (Å²) in [7, 11) is 3.17. The smallest absolute Gasteiger partial charge is 0.254 e. The molecule has 0 saturated carbocycles. The van der Waals surface area contributed by atoms with Crippen LogP contribution in [0.3, 0.4) is 0 Å². The topological polar surface area (TPSA) is 67.9 Å². The fourth-order valence-electron chi connectivity index (χ4n) is 3.34. The minimum Gasteiger partial charge on any atom is -0.497 e. The Morgan fingerprint density at radius 3 is 2.57 bits per heavy atom. The van der Waals surface area contributed by atoms with Crippen molar-refractivity contribution >= 4 is 27.7 Å². The lowest BCUT2D eigenvalue weighted by molar-refractivity contribution is -0.125. The van der Waals surface area contributed by atoms with Gasteiger partial charge in [-0.25, -0.2) is 0 Å². The first-order valence-electron chi connectivity index (χ1n) is 9.08. The number of benzene rings is 2. The number of carbonyl (C=O) groups excluding carboxylic acids is 2. The van der Waals surface area contributed by atoms with E-state index in [0.29, 0.717) is 36.6 Å². The average Bonchev–Trinajstić information content (AvgIpc) is 3.22. The fraction of sp³-hybridized carbons (Fsp3) is 0.333. The standard InChI is InChI=1S/C21H23BrN2O4/c1-27-17-10-7-15(19(12-17)28-2)13-23-20(25)18-4-3-11-24(18)21(26)14-5-8-16(22)9-6-14/h5-10,12,18H,3-4,11,13H2,1-2H3,(H,23,25). The SMILES string of the molecule is COc1ccc(CNC(=O)C2CCCN2C(=O)c2ccc(Br)cc2)c(OC)c1. The summed E-state index contributed by atoms with van der Waals surface area (Å²) in [5.41, 5.74) is 1.43. The Hall–Kier alpha value is -2.54. The third kappa shape index (κ3) is 4.47. The first-order valence-corrected chi connectivity index (χ1v) is 9.88. The van der Waals surface area contributed by atoms with Crippen molar-refractivity contribution < 1.29 is 19.1 Å². The second-order valence-electron chi connectivity index (χ2n) is 6.56. The molecular weight excluding hydrogens is 424 g/mol. The number of hydrogen-bond donors (Lipinski definition) is 1. The molecule has 148 valence electrons. The number of hydrogen-bond acceptors (Lipinski definition) is 4. The van der Waals surface area contributed by atoms with Crippen LogP contribution in [-0.4, -0.2) is 43.5 Å². The molecule has 0 spiro atoms. The first kappa shape index (κ1) is 20.2. The van der Waals surface area contributed by atoms with Crippen LogP contribution in [-0.2, 0) is 11.3 Å². The van der Waals surface area contributed by atoms with Crippen molar-refractivity contribution in [1.29, 1.82) is 0 Å². The van der Waals surface area contributed by atoms with E-state index in [0.717, 1.165) is 16.5 Å². The van der Waals surface area contributed by atoms with Gasteiger partial charge < -0.3 is 19.7 Å². The zero-order valence-electron chi connectivity index (χ0n) is 15.9. The molecule has 1 fully saturated rings. The third-order valence-corrected chi connectivity index (χ3v) is 5.38. The van der Waals surface area contributed by atoms with E-state index in [1.807, 2.05) is 24.3 Å². The summed E-state index contributed by atoms with van der Waals surface area (Å²) in [6.45, 7) is 0.904. The van der Waals surface area contributed by atoms with E-state index in [1.54, 1.807) is 37.3 Å². The average molecular weight is 447 g/mol. The van der Waals surface area contributed by atoms with Crippen LogP contribution in [0.15, 0.2) is 46.9 Å². The van der Waals surface area contributed by atoms with Crippen molar-refractivity contribution in [2.75, 3.05) is 20.8 Å². The van der Waals surface area contributed by atoms with Gasteiger partial charge in [0.05, 0.1) is 14.2 Å². The van der Waals surface area contributed by atoms with Crippen LogP contribution in [0.5, 0.6) is 11.5 Å². The molecule has 1 unspecified atom stereocenters. The summed E-state index contributed by atoms with van der Waals surface area (Å²) in [5, 5.41) is 2.94. The van der Waals surface area contributed by atoms with Crippen molar-refractivity contribution in [3.05, 3.63) is 58.1 Å². The Kier molecular flexibility index (Phi) is 6.57. The normalized spacial score (nSPS) is 16.0. The summed E-state index contributed by atoms with van der Waals surface area (Å²) < 4.78 is 11.5. The maximum Gasteiger partial charge on any atom is 0.254 e. The molecule has 1 atom stereocenters. The molecule has 0 aliphatic carbocycles. The lowest BCUT2D eigenvalue weighted by atomic mass is 10.1. The highest BCUT2D eigenvalue weighted by atomic mass is 79.9. The maximum atomic E-state index is 12.8. The third-order valence-electron chi connectivity index (χ3n) is 4.85. The molecular formula is C21H23BrN2O4. The van der Waals surface area contributed by atoms with E-state index in [4.69, 9.17) is 9.47 Å². The Bertz CT molecular complexity index is 854. The van der Waals surface area contributed by atoms with E-state index in [2.05, 4.69) is 21.2 Å². The molecule has 3 rings (SSSR count). The van der Waals surface area contributed by atoms with Crippen molar-refractivity contribution in [2.45, 2.75) is 25.4 Å². The van der Waals surface area contributed by atoms with Crippen LogP contribution in [0.25, 0.3) is 0 Å². The molecule has 28 heavy (non-hydrogen) atoms. The predicted octanol–water partition coefficient (Wildman–Crippen LogP) is 3.39. The first-order chi connectivity index (χ1) is 13.5. The zero-order valence-corrected chi connectivity index (χ0v) is 17.5. The zero-order chi connectivity index (χ0) is 20.1. The monoisotopic (exact) mass is 446 g/mol. The van der Waals surface area contributed by atoms with E-state index >= 15 is 0 Å². The second kappa shape index (κ2) is 9.10. The molecule has 1 N–H and O–H groups in total. The number of likely N-dealkylation sites (tertiary alicyclic amines) is 1. The Labute approximate surface area is 172 Å². The predicted molar refractivity (Wildman–Crippen MR) is 110 cm³/mol. The van der Waals surface area contributed by atoms with Crippen molar-refractivity contribution in [3.8, 4) is 11.5 Å². The van der Waals surface area contributed by atoms with E-state index in [9.17, 15) is 9.59 Å². The molecule has 1 heterocycles. The summed E-state index contributed by atoms with van der Waals surface area (Å²) >= 11 is 3.37. The molecule has 2 aromatic carbocycles. The summed E-state index contributed by atoms with van der Waals surface area (Å²) in [4.78, 5) is 27.2. The Morgan fingerprint density at radius 1 is 1.14 bits per heavy atom. The highest BCUT2D eigenvalue weighted by molar-refractivity contribution is 9.10. The molecule has 6 nitrogen and oxygen atoms in total. The number of nitrogens with one attached hydrogen (secondary N) is 1. The number of nitrogens with zero attached hydrogens (tertiary/aromatic N) is 1. The van der Waals surface area contributed by atoms with Gasteiger partial charge in [-0.3, -0.25) is 9.59 Å². The van der Waals surface area contributed by atoms with Crippen LogP contribution in [0.4, 0.5) is 0 Å². The summed E-state index contributed by atoms with van der Waals surface area (Å²) in [5.74, 6) is 1.07. The van der Waals surface area contributed by atoms with Crippen molar-refractivity contribution in [3.63, 3.8) is 0 Å². The van der Waals surface area contributed by atoms with Gasteiger partial charge in [0.25, 0.3) is 5.91 Å². The van der Waals surface area contributed by atoms with Crippen LogP contribution >= 0.6 is 15.9 Å². The minimum absolute atomic E-state index is 0.118. The number of amides is 2. The van der Waals surface area contributed by atoms with Gasteiger partial charge in [-0.2, -0.15) is 0 Å². The number of rotatable bonds is 6. The van der Waals surface area contributed by atoms with Gasteiger partial charge in [0.1, 0.15) is 17.5 Å². The summed E-state index contributed by atoms with van der Waals surface area (Å²) in [6, 6.07) is 12.2. The van der Waals surface area contributed by atoms with Crippen molar-refractivity contribution in [1.82, 2.24) is 10.2 Å². The lowest BCUT2D eigenvalue weighted by Gasteiger charge is -2.24. The van der Waals surface area contributed by atoms with E-state index in [1.165, 1.54) is 0 Å². The quantitative estimate of drug-likeness (QED) is 0.738. The fourth-order valence-corrected chi connectivity index (χ4v) is 3.60. The van der Waals surface area contributed by atoms with E-state index in [-0.39, 0.29) is 11.8 Å². The van der Waals surface area contributed by atoms with Crippen LogP contribution in [0, 0.1) is 0 Å². The molecule has 2 aromatic rings. The number of methoxy groups -OCH3 is 2. The Morgan fingerprint density at radius 2 is 1.89 bits per heavy atom. The van der Waals surface area contributed by atoms with Crippen LogP contribution in [0.2, 0.25) is 0 Å². The Balaban J connectivity index is 1.66. The van der Waals surface area contributed by atoms with Crippen LogP contribution < -0.4 is 14.8 Å². The molecule has 7 heteroatoms. The molecule has 0 aromatic heterocycles. The number of carbonyl (C=O) groups is 2. The summed E-state index contributed by atoms with van der Waals surface area (Å²) in [6.07, 6.45) is 1.47. The van der Waals surface area contributed by atoms with Gasteiger partial charge in [0.15, 0.2) is 0 Å². The largest absolute Gasteiger partial charge is 0.497 e. The highest BCUT2D eigenvalue weighted by Gasteiger charge is 2.34. The van der Waals surface area contributed by atoms with Gasteiger partial charge in [-0.05, 0) is 49.2 Å². The maximum absolute atomic E-state index is 12.8. The molecule has 1 aliphatic rings. The highest BCUT2D eigenvalue weighted by Crippen LogP contribution is 2.25. The number of halogens is 1.